The fourth-order valence-electron chi connectivity index (χ4n) is 2.34. The molecule has 0 atom stereocenters. The predicted molar refractivity (Wildman–Crippen MR) is 90.5 cm³/mol. The topological polar surface area (TPSA) is 20.2 Å². The Labute approximate surface area is 125 Å². The van der Waals surface area contributed by atoms with Gasteiger partial charge in [0.2, 0.25) is 0 Å². The smallest absolute Gasteiger partial charge is 0.0431 e. The summed E-state index contributed by atoms with van der Waals surface area (Å²) in [5, 5.41) is 8.97. The molecule has 2 aromatic rings. The van der Waals surface area contributed by atoms with Gasteiger partial charge in [0.15, 0.2) is 0 Å². The maximum atomic E-state index is 8.97. The zero-order chi connectivity index (χ0) is 14.0. The SMILES string of the molecule is OCCCC[SH](Cc1ccccc1)Cc1ccccc1. The molecule has 0 spiro atoms. The van der Waals surface area contributed by atoms with Crippen molar-refractivity contribution in [2.45, 2.75) is 24.3 Å². The van der Waals surface area contributed by atoms with Gasteiger partial charge in [-0.1, -0.05) is 60.7 Å². The van der Waals surface area contributed by atoms with Crippen molar-refractivity contribution in [2.24, 2.45) is 0 Å². The Morgan fingerprint density at radius 3 is 1.65 bits per heavy atom. The highest BCUT2D eigenvalue weighted by molar-refractivity contribution is 8.15. The van der Waals surface area contributed by atoms with E-state index in [-0.39, 0.29) is 10.9 Å². The van der Waals surface area contributed by atoms with Crippen molar-refractivity contribution in [1.82, 2.24) is 0 Å². The van der Waals surface area contributed by atoms with Gasteiger partial charge in [0.1, 0.15) is 0 Å². The van der Waals surface area contributed by atoms with Crippen LogP contribution in [0, 0.1) is 0 Å². The molecule has 108 valence electrons. The molecular weight excluding hydrogens is 264 g/mol. The van der Waals surface area contributed by atoms with E-state index in [0.29, 0.717) is 6.61 Å². The van der Waals surface area contributed by atoms with Gasteiger partial charge in [-0.25, -0.2) is 10.9 Å². The van der Waals surface area contributed by atoms with Gasteiger partial charge in [-0.15, -0.1) is 0 Å². The third-order valence-corrected chi connectivity index (χ3v) is 5.95. The second kappa shape index (κ2) is 8.83. The number of rotatable bonds is 8. The average molecular weight is 288 g/mol. The Balaban J connectivity index is 1.96. The van der Waals surface area contributed by atoms with E-state index in [1.807, 2.05) is 0 Å². The number of hydrogen-bond acceptors (Lipinski definition) is 1. The van der Waals surface area contributed by atoms with E-state index >= 15 is 0 Å². The summed E-state index contributed by atoms with van der Waals surface area (Å²) in [6.45, 7) is 0.319. The molecule has 0 fully saturated rings. The molecule has 0 unspecified atom stereocenters. The fraction of sp³-hybridized carbons (Fsp3) is 0.333. The van der Waals surface area contributed by atoms with Crippen LogP contribution in [0.1, 0.15) is 24.0 Å². The van der Waals surface area contributed by atoms with Gasteiger partial charge in [-0.2, -0.15) is 0 Å². The molecule has 1 N–H and O–H groups in total. The van der Waals surface area contributed by atoms with E-state index in [1.165, 1.54) is 28.4 Å². The van der Waals surface area contributed by atoms with E-state index in [1.54, 1.807) is 0 Å². The van der Waals surface area contributed by atoms with Crippen LogP contribution in [0.4, 0.5) is 0 Å². The lowest BCUT2D eigenvalue weighted by Gasteiger charge is -2.22. The van der Waals surface area contributed by atoms with Crippen LogP contribution in [0.5, 0.6) is 0 Å². The highest BCUT2D eigenvalue weighted by Gasteiger charge is 2.06. The molecule has 0 aliphatic rings. The molecule has 0 radical (unpaired) electrons. The van der Waals surface area contributed by atoms with Crippen LogP contribution in [-0.4, -0.2) is 17.5 Å². The summed E-state index contributed by atoms with van der Waals surface area (Å²) < 4.78 is 0. The summed E-state index contributed by atoms with van der Waals surface area (Å²) in [4.78, 5) is 0. The second-order valence-electron chi connectivity index (χ2n) is 5.11. The van der Waals surface area contributed by atoms with E-state index in [9.17, 15) is 0 Å². The molecule has 2 heteroatoms. The van der Waals surface area contributed by atoms with Crippen LogP contribution in [0.25, 0.3) is 0 Å². The number of hydrogen-bond donors (Lipinski definition) is 2. The summed E-state index contributed by atoms with van der Waals surface area (Å²) >= 11 is 0. The highest BCUT2D eigenvalue weighted by atomic mass is 32.2. The van der Waals surface area contributed by atoms with Crippen LogP contribution >= 0.6 is 10.9 Å². The summed E-state index contributed by atoms with van der Waals surface area (Å²) in [5.41, 5.74) is 2.89. The largest absolute Gasteiger partial charge is 0.396 e. The molecule has 0 saturated carbocycles. The molecule has 2 aromatic carbocycles. The Morgan fingerprint density at radius 2 is 1.20 bits per heavy atom. The third kappa shape index (κ3) is 5.40. The highest BCUT2D eigenvalue weighted by Crippen LogP contribution is 2.35. The molecule has 0 heterocycles. The van der Waals surface area contributed by atoms with Crippen molar-refractivity contribution in [1.29, 1.82) is 0 Å². The van der Waals surface area contributed by atoms with Crippen molar-refractivity contribution >= 4 is 10.9 Å². The van der Waals surface area contributed by atoms with Crippen molar-refractivity contribution in [3.8, 4) is 0 Å². The first-order valence-corrected chi connectivity index (χ1v) is 9.19. The summed E-state index contributed by atoms with van der Waals surface area (Å²) in [7, 11) is -0.0359. The second-order valence-corrected chi connectivity index (χ2v) is 7.53. The number of aliphatic hydroxyl groups excluding tert-OH is 1. The molecule has 0 aromatic heterocycles. The third-order valence-electron chi connectivity index (χ3n) is 3.38. The molecule has 20 heavy (non-hydrogen) atoms. The number of unbranched alkanes of at least 4 members (excludes halogenated alkanes) is 1. The maximum Gasteiger partial charge on any atom is 0.0431 e. The summed E-state index contributed by atoms with van der Waals surface area (Å²) in [6, 6.07) is 21.6. The van der Waals surface area contributed by atoms with Gasteiger partial charge in [-0.3, -0.25) is 0 Å². The Morgan fingerprint density at radius 1 is 0.700 bits per heavy atom. The molecular formula is C18H24OS. The monoisotopic (exact) mass is 288 g/mol. The molecule has 0 aliphatic carbocycles. The van der Waals surface area contributed by atoms with Gasteiger partial charge in [-0.05, 0) is 29.7 Å². The quantitative estimate of drug-likeness (QED) is 0.552. The van der Waals surface area contributed by atoms with E-state index in [0.717, 1.165) is 12.8 Å². The lowest BCUT2D eigenvalue weighted by atomic mass is 10.2. The Bertz CT molecular complexity index is 428. The van der Waals surface area contributed by atoms with Crippen molar-refractivity contribution in [3.05, 3.63) is 71.8 Å². The Hall–Kier alpha value is -1.25. The molecule has 0 saturated heterocycles. The van der Waals surface area contributed by atoms with Crippen molar-refractivity contribution < 1.29 is 5.11 Å². The Kier molecular flexibility index (Phi) is 6.69. The molecule has 1 nitrogen and oxygen atoms in total. The average Bonchev–Trinajstić information content (AvgIpc) is 2.49. The van der Waals surface area contributed by atoms with E-state index < -0.39 is 0 Å². The van der Waals surface area contributed by atoms with Crippen molar-refractivity contribution in [3.63, 3.8) is 0 Å². The van der Waals surface area contributed by atoms with Crippen LogP contribution < -0.4 is 0 Å². The van der Waals surface area contributed by atoms with E-state index in [2.05, 4.69) is 60.7 Å². The van der Waals surface area contributed by atoms with Crippen LogP contribution in [0.15, 0.2) is 60.7 Å². The van der Waals surface area contributed by atoms with Crippen LogP contribution in [0.3, 0.4) is 0 Å². The number of thiol groups is 1. The molecule has 0 aliphatic heterocycles. The van der Waals surface area contributed by atoms with Gasteiger partial charge in [0, 0.05) is 18.1 Å². The van der Waals surface area contributed by atoms with E-state index in [4.69, 9.17) is 5.11 Å². The first kappa shape index (κ1) is 15.1. The minimum atomic E-state index is -0.0359. The van der Waals surface area contributed by atoms with Gasteiger partial charge in [0.25, 0.3) is 0 Å². The normalized spacial score (nSPS) is 11.3. The van der Waals surface area contributed by atoms with Gasteiger partial charge in [0.05, 0.1) is 0 Å². The lowest BCUT2D eigenvalue weighted by molar-refractivity contribution is 0.287. The minimum absolute atomic E-state index is 0.0359. The van der Waals surface area contributed by atoms with Crippen LogP contribution in [0.2, 0.25) is 0 Å². The van der Waals surface area contributed by atoms with Gasteiger partial charge >= 0.3 is 0 Å². The summed E-state index contributed by atoms with van der Waals surface area (Å²) in [6.07, 6.45) is 2.07. The first-order chi connectivity index (χ1) is 9.88. The van der Waals surface area contributed by atoms with Gasteiger partial charge < -0.3 is 5.11 Å². The fourth-order valence-corrected chi connectivity index (χ4v) is 4.90. The molecule has 0 bridgehead atoms. The predicted octanol–water partition coefficient (Wildman–Crippen LogP) is 4.16. The zero-order valence-electron chi connectivity index (χ0n) is 11.9. The molecule has 2 rings (SSSR count). The first-order valence-electron chi connectivity index (χ1n) is 7.29. The lowest BCUT2D eigenvalue weighted by Crippen LogP contribution is -1.99. The maximum absolute atomic E-state index is 8.97. The summed E-state index contributed by atoms with van der Waals surface area (Å²) in [5.74, 6) is 3.63. The van der Waals surface area contributed by atoms with Crippen LogP contribution in [-0.2, 0) is 11.5 Å². The van der Waals surface area contributed by atoms with Crippen molar-refractivity contribution in [2.75, 3.05) is 12.4 Å². The standard InChI is InChI=1S/C18H24OS/c19-13-7-8-14-20(15-17-9-3-1-4-10-17)16-18-11-5-2-6-12-18/h1-6,9-12,19-20H,7-8,13-16H2. The number of benzene rings is 2. The minimum Gasteiger partial charge on any atom is -0.396 e. The number of aliphatic hydroxyl groups is 1. The zero-order valence-corrected chi connectivity index (χ0v) is 12.8. The molecule has 0 amide bonds.